The van der Waals surface area contributed by atoms with E-state index in [1.54, 1.807) is 0 Å². The third-order valence-corrected chi connectivity index (χ3v) is 2.98. The molecule has 1 atom stereocenters. The van der Waals surface area contributed by atoms with E-state index in [-0.39, 0.29) is 18.7 Å². The van der Waals surface area contributed by atoms with Crippen LogP contribution in [-0.4, -0.2) is 51.7 Å². The zero-order chi connectivity index (χ0) is 13.1. The average molecular weight is 244 g/mol. The Morgan fingerprint density at radius 2 is 2.06 bits per heavy atom. The van der Waals surface area contributed by atoms with Crippen LogP contribution >= 0.6 is 0 Å². The van der Waals surface area contributed by atoms with Gasteiger partial charge in [0.25, 0.3) is 0 Å². The summed E-state index contributed by atoms with van der Waals surface area (Å²) in [6, 6.07) is -0.780. The van der Waals surface area contributed by atoms with Crippen LogP contribution in [0.5, 0.6) is 0 Å². The fourth-order valence-corrected chi connectivity index (χ4v) is 2.08. The normalized spacial score (nSPS) is 19.6. The number of carbonyl (C=O) groups is 2. The van der Waals surface area contributed by atoms with E-state index in [1.165, 1.54) is 4.90 Å². The van der Waals surface area contributed by atoms with Gasteiger partial charge in [0, 0.05) is 6.42 Å². The Morgan fingerprint density at radius 1 is 1.47 bits per heavy atom. The van der Waals surface area contributed by atoms with Gasteiger partial charge in [-0.3, -0.25) is 9.59 Å². The summed E-state index contributed by atoms with van der Waals surface area (Å²) in [5.74, 6) is -1.23. The van der Waals surface area contributed by atoms with E-state index in [9.17, 15) is 14.7 Å². The number of likely N-dealkylation sites (tertiary alicyclic amines) is 1. The maximum Gasteiger partial charge on any atom is 0.303 e. The van der Waals surface area contributed by atoms with Crippen LogP contribution in [0.15, 0.2) is 0 Å². The summed E-state index contributed by atoms with van der Waals surface area (Å²) in [6.45, 7) is 2.59. The zero-order valence-corrected chi connectivity index (χ0v) is 10.1. The molecule has 6 nitrogen and oxygen atoms in total. The fourth-order valence-electron chi connectivity index (χ4n) is 2.08. The van der Waals surface area contributed by atoms with Gasteiger partial charge in [0.1, 0.15) is 0 Å². The van der Waals surface area contributed by atoms with Crippen molar-refractivity contribution < 1.29 is 19.8 Å². The van der Waals surface area contributed by atoms with Gasteiger partial charge in [0.15, 0.2) is 0 Å². The van der Waals surface area contributed by atoms with Crippen LogP contribution in [0.4, 0.5) is 0 Å². The number of β-amino-alcohol motifs (C(OH)–C–C–N with tert-alkyl or cyclic N) is 1. The van der Waals surface area contributed by atoms with E-state index in [0.29, 0.717) is 19.5 Å². The van der Waals surface area contributed by atoms with Gasteiger partial charge >= 0.3 is 5.97 Å². The highest BCUT2D eigenvalue weighted by molar-refractivity contribution is 5.83. The van der Waals surface area contributed by atoms with Gasteiger partial charge in [-0.25, -0.2) is 0 Å². The van der Waals surface area contributed by atoms with Gasteiger partial charge < -0.3 is 20.8 Å². The van der Waals surface area contributed by atoms with E-state index in [4.69, 9.17) is 10.8 Å². The summed E-state index contributed by atoms with van der Waals surface area (Å²) in [5.41, 5.74) is 4.84. The number of amides is 1. The molecular weight excluding hydrogens is 224 g/mol. The Labute approximate surface area is 100 Å². The second-order valence-corrected chi connectivity index (χ2v) is 4.71. The first-order chi connectivity index (χ1) is 7.88. The molecule has 1 rings (SSSR count). The minimum Gasteiger partial charge on any atom is -0.481 e. The Kier molecular flexibility index (Phi) is 4.47. The Balaban J connectivity index is 2.33. The van der Waals surface area contributed by atoms with Crippen LogP contribution in [0, 0.1) is 0 Å². The van der Waals surface area contributed by atoms with Gasteiger partial charge in [0.05, 0.1) is 24.7 Å². The van der Waals surface area contributed by atoms with Crippen molar-refractivity contribution in [3.63, 3.8) is 0 Å². The van der Waals surface area contributed by atoms with Crippen molar-refractivity contribution >= 4 is 11.9 Å². The molecule has 98 valence electrons. The topological polar surface area (TPSA) is 104 Å². The molecule has 0 aliphatic carbocycles. The summed E-state index contributed by atoms with van der Waals surface area (Å²) < 4.78 is 0. The highest BCUT2D eigenvalue weighted by Crippen LogP contribution is 2.26. The standard InChI is InChI=1S/C11H20N2O4/c1-2-5-11(17)6-13(7-11)10(16)8(12)3-4-9(14)15/h8,17H,2-7,12H2,1H3,(H,14,15). The minimum atomic E-state index is -0.959. The number of aliphatic hydroxyl groups is 1. The van der Waals surface area contributed by atoms with Crippen molar-refractivity contribution in [1.29, 1.82) is 0 Å². The molecule has 0 radical (unpaired) electrons. The highest BCUT2D eigenvalue weighted by Gasteiger charge is 2.43. The largest absolute Gasteiger partial charge is 0.481 e. The molecule has 0 bridgehead atoms. The van der Waals surface area contributed by atoms with Gasteiger partial charge in [-0.2, -0.15) is 0 Å². The maximum absolute atomic E-state index is 11.7. The van der Waals surface area contributed by atoms with Gasteiger partial charge in [-0.05, 0) is 12.8 Å². The van der Waals surface area contributed by atoms with Crippen molar-refractivity contribution in [3.8, 4) is 0 Å². The Bertz CT molecular complexity index is 300. The smallest absolute Gasteiger partial charge is 0.303 e. The van der Waals surface area contributed by atoms with Gasteiger partial charge in [-0.15, -0.1) is 0 Å². The molecular formula is C11H20N2O4. The van der Waals surface area contributed by atoms with Crippen LogP contribution < -0.4 is 5.73 Å². The van der Waals surface area contributed by atoms with E-state index in [0.717, 1.165) is 6.42 Å². The second-order valence-electron chi connectivity index (χ2n) is 4.71. The van der Waals surface area contributed by atoms with Gasteiger partial charge in [-0.1, -0.05) is 13.3 Å². The molecule has 1 aliphatic rings. The van der Waals surface area contributed by atoms with Crippen molar-refractivity contribution in [2.75, 3.05) is 13.1 Å². The maximum atomic E-state index is 11.7. The molecule has 0 aromatic carbocycles. The quantitative estimate of drug-likeness (QED) is 0.587. The SMILES string of the molecule is CCCC1(O)CN(C(=O)C(N)CCC(=O)O)C1. The molecule has 17 heavy (non-hydrogen) atoms. The third-order valence-electron chi connectivity index (χ3n) is 2.98. The first kappa shape index (κ1) is 13.9. The van der Waals surface area contributed by atoms with Crippen molar-refractivity contribution in [2.45, 2.75) is 44.2 Å². The monoisotopic (exact) mass is 244 g/mol. The number of carbonyl (C=O) groups excluding carboxylic acids is 1. The van der Waals surface area contributed by atoms with E-state index in [1.807, 2.05) is 6.92 Å². The lowest BCUT2D eigenvalue weighted by Crippen LogP contribution is -2.65. The number of aliphatic carboxylic acids is 1. The summed E-state index contributed by atoms with van der Waals surface area (Å²) in [4.78, 5) is 23.6. The van der Waals surface area contributed by atoms with E-state index < -0.39 is 17.6 Å². The Morgan fingerprint density at radius 3 is 2.53 bits per heavy atom. The van der Waals surface area contributed by atoms with Crippen LogP contribution in [0.3, 0.4) is 0 Å². The zero-order valence-electron chi connectivity index (χ0n) is 10.1. The molecule has 1 heterocycles. The van der Waals surface area contributed by atoms with E-state index in [2.05, 4.69) is 0 Å². The first-order valence-electron chi connectivity index (χ1n) is 5.86. The van der Waals surface area contributed by atoms with Crippen molar-refractivity contribution in [2.24, 2.45) is 5.73 Å². The first-order valence-corrected chi connectivity index (χ1v) is 5.86. The number of hydrogen-bond acceptors (Lipinski definition) is 4. The van der Waals surface area contributed by atoms with E-state index >= 15 is 0 Å². The summed E-state index contributed by atoms with van der Waals surface area (Å²) in [5, 5.41) is 18.4. The molecule has 0 aromatic heterocycles. The highest BCUT2D eigenvalue weighted by atomic mass is 16.4. The second kappa shape index (κ2) is 5.46. The summed E-state index contributed by atoms with van der Waals surface area (Å²) in [6.07, 6.45) is 1.56. The summed E-state index contributed by atoms with van der Waals surface area (Å²) in [7, 11) is 0. The predicted molar refractivity (Wildman–Crippen MR) is 61.3 cm³/mol. The lowest BCUT2D eigenvalue weighted by molar-refractivity contribution is -0.158. The molecule has 1 aliphatic heterocycles. The molecule has 0 spiro atoms. The number of carboxylic acids is 1. The number of carboxylic acid groups (broad SMARTS) is 1. The number of nitrogens with two attached hydrogens (primary N) is 1. The summed E-state index contributed by atoms with van der Waals surface area (Å²) >= 11 is 0. The minimum absolute atomic E-state index is 0.111. The number of hydrogen-bond donors (Lipinski definition) is 3. The number of nitrogens with zero attached hydrogens (tertiary/aromatic N) is 1. The molecule has 1 fully saturated rings. The molecule has 0 aromatic rings. The van der Waals surface area contributed by atoms with Gasteiger partial charge in [0.2, 0.25) is 5.91 Å². The predicted octanol–water partition coefficient (Wildman–Crippen LogP) is -0.448. The van der Waals surface area contributed by atoms with Crippen molar-refractivity contribution in [1.82, 2.24) is 4.90 Å². The van der Waals surface area contributed by atoms with Crippen LogP contribution in [0.25, 0.3) is 0 Å². The molecule has 1 amide bonds. The lowest BCUT2D eigenvalue weighted by Gasteiger charge is -2.47. The van der Waals surface area contributed by atoms with Crippen LogP contribution in [0.2, 0.25) is 0 Å². The third kappa shape index (κ3) is 3.67. The lowest BCUT2D eigenvalue weighted by atomic mass is 9.88. The molecule has 6 heteroatoms. The van der Waals surface area contributed by atoms with Crippen LogP contribution in [-0.2, 0) is 9.59 Å². The Hall–Kier alpha value is -1.14. The average Bonchev–Trinajstić information content (AvgIpc) is 2.21. The molecule has 1 saturated heterocycles. The number of rotatable bonds is 6. The molecule has 4 N–H and O–H groups in total. The molecule has 1 unspecified atom stereocenters. The van der Waals surface area contributed by atoms with Crippen molar-refractivity contribution in [3.05, 3.63) is 0 Å². The molecule has 0 saturated carbocycles. The fraction of sp³-hybridized carbons (Fsp3) is 0.818. The van der Waals surface area contributed by atoms with Crippen LogP contribution in [0.1, 0.15) is 32.6 Å².